The molecule has 1 N–H and O–H groups in total. The maximum atomic E-state index is 13.2. The fourth-order valence-corrected chi connectivity index (χ4v) is 3.63. The summed E-state index contributed by atoms with van der Waals surface area (Å²) in [5, 5.41) is 14.5. The van der Waals surface area contributed by atoms with Gasteiger partial charge in [-0.05, 0) is 50.3 Å². The molecular formula is C16H21ClFN3O3. The van der Waals surface area contributed by atoms with E-state index in [0.717, 1.165) is 31.5 Å². The number of carbonyl (C=O) groups is 1. The lowest BCUT2D eigenvalue weighted by Gasteiger charge is -2.34. The summed E-state index contributed by atoms with van der Waals surface area (Å²) in [5.74, 6) is -0.529. The number of piperidine rings is 1. The van der Waals surface area contributed by atoms with E-state index < -0.39 is 16.4 Å². The Morgan fingerprint density at radius 1 is 1.29 bits per heavy atom. The van der Waals surface area contributed by atoms with E-state index in [4.69, 9.17) is 0 Å². The van der Waals surface area contributed by atoms with Crippen LogP contribution in [0.2, 0.25) is 0 Å². The van der Waals surface area contributed by atoms with Crippen molar-refractivity contribution in [3.63, 3.8) is 0 Å². The Labute approximate surface area is 146 Å². The Morgan fingerprint density at radius 2 is 2.00 bits per heavy atom. The molecule has 2 saturated heterocycles. The number of nitro benzene ring substituents is 1. The van der Waals surface area contributed by atoms with Crippen molar-refractivity contribution in [3.05, 3.63) is 39.7 Å². The number of carbonyl (C=O) groups excluding carboxylic acids is 1. The van der Waals surface area contributed by atoms with Crippen LogP contribution in [0, 0.1) is 21.8 Å². The van der Waals surface area contributed by atoms with Crippen LogP contribution < -0.4 is 5.32 Å². The number of nitro groups is 1. The summed E-state index contributed by atoms with van der Waals surface area (Å²) in [6, 6.07) is 3.64. The molecule has 1 unspecified atom stereocenters. The minimum atomic E-state index is -0.709. The quantitative estimate of drug-likeness (QED) is 0.666. The lowest BCUT2D eigenvalue weighted by atomic mass is 9.88. The number of hydrogen-bond acceptors (Lipinski definition) is 4. The normalized spacial score (nSPS) is 21.4. The number of rotatable bonds is 3. The maximum Gasteiger partial charge on any atom is 0.285 e. The van der Waals surface area contributed by atoms with Gasteiger partial charge in [-0.15, -0.1) is 12.4 Å². The molecule has 0 spiro atoms. The first kappa shape index (κ1) is 18.6. The van der Waals surface area contributed by atoms with E-state index in [0.29, 0.717) is 25.0 Å². The van der Waals surface area contributed by atoms with Gasteiger partial charge in [-0.1, -0.05) is 0 Å². The Bertz CT molecular complexity index is 615. The zero-order valence-electron chi connectivity index (χ0n) is 13.2. The molecule has 2 aliphatic rings. The number of halogens is 2. The van der Waals surface area contributed by atoms with Gasteiger partial charge in [-0.25, -0.2) is 4.39 Å². The van der Waals surface area contributed by atoms with E-state index in [2.05, 4.69) is 5.32 Å². The van der Waals surface area contributed by atoms with Crippen molar-refractivity contribution < 1.29 is 14.1 Å². The Kier molecular flexibility index (Phi) is 6.12. The molecule has 0 radical (unpaired) electrons. The van der Waals surface area contributed by atoms with Crippen LogP contribution in [-0.2, 0) is 0 Å². The third kappa shape index (κ3) is 3.84. The molecule has 0 aliphatic carbocycles. The molecule has 2 aliphatic heterocycles. The summed E-state index contributed by atoms with van der Waals surface area (Å²) in [4.78, 5) is 24.5. The number of amides is 1. The van der Waals surface area contributed by atoms with Crippen molar-refractivity contribution >= 4 is 24.0 Å². The molecule has 6 nitrogen and oxygen atoms in total. The fourth-order valence-electron chi connectivity index (χ4n) is 3.63. The number of benzene rings is 1. The first-order chi connectivity index (χ1) is 11.1. The van der Waals surface area contributed by atoms with Crippen LogP contribution in [0.5, 0.6) is 0 Å². The second-order valence-electron chi connectivity index (χ2n) is 6.25. The zero-order valence-corrected chi connectivity index (χ0v) is 14.1. The van der Waals surface area contributed by atoms with E-state index >= 15 is 0 Å². The third-order valence-electron chi connectivity index (χ3n) is 4.88. The predicted molar refractivity (Wildman–Crippen MR) is 90.0 cm³/mol. The highest BCUT2D eigenvalue weighted by Gasteiger charge is 2.32. The molecule has 2 fully saturated rings. The standard InChI is InChI=1S/C16H20FN3O3.ClH/c17-12-3-4-13(15(10-12)20(22)23)16(21)19-8-5-11(6-9-19)14-2-1-7-18-14;/h3-4,10-11,14,18H,1-2,5-9H2;1H. The van der Waals surface area contributed by atoms with Crippen molar-refractivity contribution in [2.75, 3.05) is 19.6 Å². The Balaban J connectivity index is 0.00000208. The number of hydrogen-bond donors (Lipinski definition) is 1. The van der Waals surface area contributed by atoms with Gasteiger partial charge >= 0.3 is 0 Å². The first-order valence-electron chi connectivity index (χ1n) is 8.03. The van der Waals surface area contributed by atoms with Gasteiger partial charge < -0.3 is 10.2 Å². The van der Waals surface area contributed by atoms with Crippen molar-refractivity contribution in [2.45, 2.75) is 31.7 Å². The number of nitrogens with zero attached hydrogens (tertiary/aromatic N) is 2. The average Bonchev–Trinajstić information content (AvgIpc) is 3.09. The van der Waals surface area contributed by atoms with Crippen LogP contribution >= 0.6 is 12.4 Å². The van der Waals surface area contributed by atoms with E-state index in [1.807, 2.05) is 0 Å². The highest BCUT2D eigenvalue weighted by Crippen LogP contribution is 2.28. The molecule has 0 bridgehead atoms. The topological polar surface area (TPSA) is 75.5 Å². The van der Waals surface area contributed by atoms with Gasteiger partial charge in [0, 0.05) is 19.1 Å². The molecule has 24 heavy (non-hydrogen) atoms. The summed E-state index contributed by atoms with van der Waals surface area (Å²) >= 11 is 0. The Hall–Kier alpha value is -1.73. The lowest BCUT2D eigenvalue weighted by Crippen LogP contribution is -2.43. The lowest BCUT2D eigenvalue weighted by molar-refractivity contribution is -0.385. The molecule has 1 atom stereocenters. The third-order valence-corrected chi connectivity index (χ3v) is 4.88. The smallest absolute Gasteiger partial charge is 0.285 e. The van der Waals surface area contributed by atoms with Crippen LogP contribution in [0.1, 0.15) is 36.0 Å². The van der Waals surface area contributed by atoms with Gasteiger partial charge in [0.25, 0.3) is 11.6 Å². The van der Waals surface area contributed by atoms with E-state index in [1.165, 1.54) is 18.9 Å². The number of likely N-dealkylation sites (tertiary alicyclic amines) is 1. The predicted octanol–water partition coefficient (Wildman–Crippen LogP) is 2.76. The highest BCUT2D eigenvalue weighted by molar-refractivity contribution is 5.98. The van der Waals surface area contributed by atoms with Crippen molar-refractivity contribution in [2.24, 2.45) is 5.92 Å². The molecule has 1 amide bonds. The van der Waals surface area contributed by atoms with Gasteiger partial charge in [0.1, 0.15) is 11.4 Å². The molecule has 1 aromatic rings. The summed E-state index contributed by atoms with van der Waals surface area (Å²) in [5.41, 5.74) is -0.497. The van der Waals surface area contributed by atoms with Crippen molar-refractivity contribution in [1.82, 2.24) is 10.2 Å². The second kappa shape index (κ2) is 7.90. The van der Waals surface area contributed by atoms with Gasteiger partial charge in [-0.3, -0.25) is 14.9 Å². The van der Waals surface area contributed by atoms with Crippen molar-refractivity contribution in [1.29, 1.82) is 0 Å². The minimum Gasteiger partial charge on any atom is -0.338 e. The van der Waals surface area contributed by atoms with Crippen molar-refractivity contribution in [3.8, 4) is 0 Å². The van der Waals surface area contributed by atoms with Crippen LogP contribution in [-0.4, -0.2) is 41.4 Å². The minimum absolute atomic E-state index is 0. The highest BCUT2D eigenvalue weighted by atomic mass is 35.5. The van der Waals surface area contributed by atoms with Crippen LogP contribution in [0.15, 0.2) is 18.2 Å². The van der Waals surface area contributed by atoms with Gasteiger partial charge in [0.2, 0.25) is 0 Å². The average molecular weight is 358 g/mol. The monoisotopic (exact) mass is 357 g/mol. The largest absolute Gasteiger partial charge is 0.338 e. The van der Waals surface area contributed by atoms with E-state index in [1.54, 1.807) is 4.90 Å². The van der Waals surface area contributed by atoms with Gasteiger partial charge in [0.05, 0.1) is 11.0 Å². The van der Waals surface area contributed by atoms with Gasteiger partial charge in [-0.2, -0.15) is 0 Å². The Morgan fingerprint density at radius 3 is 2.58 bits per heavy atom. The molecule has 2 heterocycles. The zero-order chi connectivity index (χ0) is 16.4. The summed E-state index contributed by atoms with van der Waals surface area (Å²) in [6.07, 6.45) is 4.18. The maximum absolute atomic E-state index is 13.2. The number of nitrogens with one attached hydrogen (secondary N) is 1. The SMILES string of the molecule is Cl.O=C(c1ccc(F)cc1[N+](=O)[O-])N1CCC(C2CCCN2)CC1. The first-order valence-corrected chi connectivity index (χ1v) is 8.03. The van der Waals surface area contributed by atoms with Crippen LogP contribution in [0.4, 0.5) is 10.1 Å². The molecule has 0 saturated carbocycles. The summed E-state index contributed by atoms with van der Waals surface area (Å²) < 4.78 is 13.2. The summed E-state index contributed by atoms with van der Waals surface area (Å²) in [7, 11) is 0. The van der Waals surface area contributed by atoms with Crippen LogP contribution in [0.3, 0.4) is 0 Å². The van der Waals surface area contributed by atoms with Gasteiger partial charge in [0.15, 0.2) is 0 Å². The molecule has 132 valence electrons. The molecule has 0 aromatic heterocycles. The molecule has 1 aromatic carbocycles. The van der Waals surface area contributed by atoms with E-state index in [9.17, 15) is 19.3 Å². The fraction of sp³-hybridized carbons (Fsp3) is 0.562. The molecule has 8 heteroatoms. The second-order valence-corrected chi connectivity index (χ2v) is 6.25. The summed E-state index contributed by atoms with van der Waals surface area (Å²) in [6.45, 7) is 2.25. The van der Waals surface area contributed by atoms with Crippen LogP contribution in [0.25, 0.3) is 0 Å². The van der Waals surface area contributed by atoms with E-state index in [-0.39, 0.29) is 23.9 Å². The molecule has 3 rings (SSSR count). The molecular weight excluding hydrogens is 337 g/mol.